The second-order valence-corrected chi connectivity index (χ2v) is 10.9. The Morgan fingerprint density at radius 1 is 0.625 bits per heavy atom. The number of methoxy groups -OCH3 is 1. The van der Waals surface area contributed by atoms with Crippen molar-refractivity contribution in [2.24, 2.45) is 0 Å². The number of ether oxygens (including phenoxy) is 2. The maximum Gasteiger partial charge on any atom is 0.411 e. The highest BCUT2D eigenvalue weighted by Gasteiger charge is 2.72. The van der Waals surface area contributed by atoms with Gasteiger partial charge in [-0.15, -0.1) is 10.2 Å². The molecule has 0 radical (unpaired) electrons. The van der Waals surface area contributed by atoms with Crippen molar-refractivity contribution in [3.8, 4) is 40.2 Å². The standard InChI is InChI=1S/C37H30F6N2O3/c1-5-7-26-21-28(15-19-31(26)46-4)35(36(38,39)40,37(41,42)43)29-16-20-32(27(22-29)8-6-2)47-30-17-13-25(14-18-30)34-45-44-33(48-34)24-11-9-23(3)10-12-24/h5-22H,1-4H3/b7-5+,8-6+. The Labute approximate surface area is 273 Å². The zero-order valence-electron chi connectivity index (χ0n) is 26.3. The summed E-state index contributed by atoms with van der Waals surface area (Å²) in [6, 6.07) is 19.5. The lowest BCUT2D eigenvalue weighted by atomic mass is 9.72. The Morgan fingerprint density at radius 2 is 1.08 bits per heavy atom. The maximum atomic E-state index is 15.0. The van der Waals surface area contributed by atoms with Crippen LogP contribution in [0, 0.1) is 6.92 Å². The van der Waals surface area contributed by atoms with Gasteiger partial charge in [-0.2, -0.15) is 26.3 Å². The van der Waals surface area contributed by atoms with E-state index >= 15 is 0 Å². The molecule has 248 valence electrons. The Kier molecular flexibility index (Phi) is 9.52. The lowest BCUT2D eigenvalue weighted by Crippen LogP contribution is -2.54. The maximum absolute atomic E-state index is 15.0. The predicted octanol–water partition coefficient (Wildman–Crippen LogP) is 11.0. The van der Waals surface area contributed by atoms with Gasteiger partial charge in [-0.05, 0) is 92.6 Å². The minimum absolute atomic E-state index is 0.0128. The number of rotatable bonds is 9. The fourth-order valence-electron chi connectivity index (χ4n) is 5.39. The van der Waals surface area contributed by atoms with Crippen LogP contribution < -0.4 is 9.47 Å². The van der Waals surface area contributed by atoms with Crippen molar-refractivity contribution in [2.75, 3.05) is 7.11 Å². The third-order valence-corrected chi connectivity index (χ3v) is 7.70. The highest BCUT2D eigenvalue weighted by Crippen LogP contribution is 2.57. The normalized spacial score (nSPS) is 12.6. The molecule has 0 atom stereocenters. The molecule has 0 unspecified atom stereocenters. The van der Waals surface area contributed by atoms with E-state index in [0.717, 1.165) is 47.5 Å². The number of aromatic nitrogens is 2. The topological polar surface area (TPSA) is 57.4 Å². The molecule has 0 spiro atoms. The first kappa shape index (κ1) is 34.0. The summed E-state index contributed by atoms with van der Waals surface area (Å²) >= 11 is 0. The number of aryl methyl sites for hydroxylation is 1. The Bertz CT molecular complexity index is 1930. The van der Waals surface area contributed by atoms with E-state index in [4.69, 9.17) is 13.9 Å². The smallest absolute Gasteiger partial charge is 0.411 e. The largest absolute Gasteiger partial charge is 0.496 e. The summed E-state index contributed by atoms with van der Waals surface area (Å²) in [4.78, 5) is 0. The third kappa shape index (κ3) is 6.45. The van der Waals surface area contributed by atoms with Crippen molar-refractivity contribution in [3.63, 3.8) is 0 Å². The molecule has 0 aliphatic rings. The van der Waals surface area contributed by atoms with Gasteiger partial charge in [0.25, 0.3) is 0 Å². The van der Waals surface area contributed by atoms with Crippen LogP contribution in [0.25, 0.3) is 35.1 Å². The molecule has 1 heterocycles. The molecule has 1 aromatic heterocycles. The van der Waals surface area contributed by atoms with E-state index in [1.807, 2.05) is 31.2 Å². The molecule has 5 nitrogen and oxygen atoms in total. The Morgan fingerprint density at radius 3 is 1.54 bits per heavy atom. The molecule has 0 fully saturated rings. The van der Waals surface area contributed by atoms with E-state index in [2.05, 4.69) is 10.2 Å². The van der Waals surface area contributed by atoms with Crippen LogP contribution in [0.5, 0.6) is 17.2 Å². The van der Waals surface area contributed by atoms with Gasteiger partial charge in [-0.25, -0.2) is 0 Å². The van der Waals surface area contributed by atoms with E-state index in [1.165, 1.54) is 31.4 Å². The molecule has 0 amide bonds. The van der Waals surface area contributed by atoms with Gasteiger partial charge in [0.05, 0.1) is 7.11 Å². The number of hydrogen-bond donors (Lipinski definition) is 0. The number of halogens is 6. The van der Waals surface area contributed by atoms with Crippen LogP contribution in [-0.2, 0) is 5.41 Å². The molecule has 0 aliphatic carbocycles. The van der Waals surface area contributed by atoms with Crippen LogP contribution in [0.4, 0.5) is 26.3 Å². The van der Waals surface area contributed by atoms with Gasteiger partial charge in [-0.1, -0.05) is 54.1 Å². The summed E-state index contributed by atoms with van der Waals surface area (Å²) in [5, 5.41) is 8.20. The van der Waals surface area contributed by atoms with E-state index in [9.17, 15) is 26.3 Å². The molecule has 0 aliphatic heterocycles. The van der Waals surface area contributed by atoms with Gasteiger partial charge in [0.15, 0.2) is 0 Å². The van der Waals surface area contributed by atoms with E-state index in [-0.39, 0.29) is 34.3 Å². The van der Waals surface area contributed by atoms with Gasteiger partial charge < -0.3 is 13.9 Å². The van der Waals surface area contributed by atoms with E-state index < -0.39 is 28.9 Å². The highest BCUT2D eigenvalue weighted by atomic mass is 19.4. The molecule has 48 heavy (non-hydrogen) atoms. The molecule has 0 N–H and O–H groups in total. The first-order valence-corrected chi connectivity index (χ1v) is 14.7. The van der Waals surface area contributed by atoms with Gasteiger partial charge in [0, 0.05) is 22.3 Å². The second kappa shape index (κ2) is 13.4. The van der Waals surface area contributed by atoms with Crippen molar-refractivity contribution in [3.05, 3.63) is 125 Å². The van der Waals surface area contributed by atoms with Crippen molar-refractivity contribution in [1.29, 1.82) is 0 Å². The summed E-state index contributed by atoms with van der Waals surface area (Å²) in [7, 11) is 1.28. The Hall–Kier alpha value is -5.32. The zero-order valence-corrected chi connectivity index (χ0v) is 26.3. The number of hydrogen-bond acceptors (Lipinski definition) is 5. The van der Waals surface area contributed by atoms with Crippen molar-refractivity contribution >= 4 is 12.2 Å². The van der Waals surface area contributed by atoms with Crippen LogP contribution in [0.15, 0.2) is 101 Å². The Balaban J connectivity index is 1.52. The molecule has 11 heteroatoms. The SMILES string of the molecule is C/C=C/c1cc(C(c2ccc(Oc3ccc(-c4nnc(-c5ccc(C)cc5)o4)cc3)c(/C=C/C)c2)(C(F)(F)F)C(F)(F)F)ccc1OC. The minimum atomic E-state index is -5.77. The van der Waals surface area contributed by atoms with Crippen LogP contribution in [0.1, 0.15) is 41.7 Å². The van der Waals surface area contributed by atoms with Crippen molar-refractivity contribution in [1.82, 2.24) is 10.2 Å². The number of allylic oxidation sites excluding steroid dienone is 2. The quantitative estimate of drug-likeness (QED) is 0.147. The lowest BCUT2D eigenvalue weighted by Gasteiger charge is -2.38. The monoisotopic (exact) mass is 664 g/mol. The molecular weight excluding hydrogens is 634 g/mol. The average molecular weight is 665 g/mol. The fraction of sp³-hybridized carbons (Fsp3) is 0.189. The molecule has 4 aromatic carbocycles. The predicted molar refractivity (Wildman–Crippen MR) is 172 cm³/mol. The fourth-order valence-corrected chi connectivity index (χ4v) is 5.39. The van der Waals surface area contributed by atoms with Crippen LogP contribution >= 0.6 is 0 Å². The van der Waals surface area contributed by atoms with Crippen molar-refractivity contribution in [2.45, 2.75) is 38.5 Å². The summed E-state index contributed by atoms with van der Waals surface area (Å²) in [5.74, 6) is 1.04. The van der Waals surface area contributed by atoms with E-state index in [0.29, 0.717) is 11.5 Å². The molecule has 5 rings (SSSR count). The lowest BCUT2D eigenvalue weighted by molar-refractivity contribution is -0.288. The summed E-state index contributed by atoms with van der Waals surface area (Å²) in [5.41, 5.74) is -3.89. The first-order chi connectivity index (χ1) is 22.8. The molecule has 0 saturated heterocycles. The minimum Gasteiger partial charge on any atom is -0.496 e. The summed E-state index contributed by atoms with van der Waals surface area (Å²) in [6.07, 6.45) is -5.78. The molecule has 0 bridgehead atoms. The van der Waals surface area contributed by atoms with Gasteiger partial charge in [0.1, 0.15) is 17.2 Å². The van der Waals surface area contributed by atoms with Gasteiger partial charge >= 0.3 is 12.4 Å². The van der Waals surface area contributed by atoms with E-state index in [1.54, 1.807) is 38.1 Å². The molecule has 0 saturated carbocycles. The third-order valence-electron chi connectivity index (χ3n) is 7.70. The molecule has 5 aromatic rings. The zero-order chi connectivity index (χ0) is 34.7. The van der Waals surface area contributed by atoms with Crippen molar-refractivity contribution < 1.29 is 40.2 Å². The summed E-state index contributed by atoms with van der Waals surface area (Å²) in [6.45, 7) is 5.15. The summed E-state index contributed by atoms with van der Waals surface area (Å²) < 4.78 is 107. The highest BCUT2D eigenvalue weighted by molar-refractivity contribution is 5.64. The molecular formula is C37H30F6N2O3. The number of benzene rings is 4. The second-order valence-electron chi connectivity index (χ2n) is 10.9. The number of alkyl halides is 6. The average Bonchev–Trinajstić information content (AvgIpc) is 3.53. The van der Waals surface area contributed by atoms with Crippen LogP contribution in [0.3, 0.4) is 0 Å². The first-order valence-electron chi connectivity index (χ1n) is 14.7. The van der Waals surface area contributed by atoms with Gasteiger partial charge in [0.2, 0.25) is 17.2 Å². The van der Waals surface area contributed by atoms with Crippen LogP contribution in [-0.4, -0.2) is 29.7 Å². The number of nitrogens with zero attached hydrogens (tertiary/aromatic N) is 2. The van der Waals surface area contributed by atoms with Gasteiger partial charge in [-0.3, -0.25) is 0 Å². The van der Waals surface area contributed by atoms with Crippen LogP contribution in [0.2, 0.25) is 0 Å².